The van der Waals surface area contributed by atoms with Gasteiger partial charge in [-0.2, -0.15) is 5.10 Å². The van der Waals surface area contributed by atoms with Crippen molar-refractivity contribution in [1.29, 1.82) is 0 Å². The number of carbonyl (C=O) groups excluding carboxylic acids is 1. The van der Waals surface area contributed by atoms with Crippen molar-refractivity contribution in [3.05, 3.63) is 70.4 Å². The molecule has 0 atom stereocenters. The summed E-state index contributed by atoms with van der Waals surface area (Å²) in [6.45, 7) is 2.68. The molecule has 1 N–H and O–H groups in total. The van der Waals surface area contributed by atoms with Crippen molar-refractivity contribution in [3.63, 3.8) is 0 Å². The van der Waals surface area contributed by atoms with E-state index < -0.39 is 4.92 Å². The van der Waals surface area contributed by atoms with Crippen LogP contribution in [0.5, 0.6) is 5.75 Å². The van der Waals surface area contributed by atoms with Crippen LogP contribution in [0.25, 0.3) is 16.9 Å². The van der Waals surface area contributed by atoms with Crippen LogP contribution in [0.2, 0.25) is 0 Å². The van der Waals surface area contributed by atoms with E-state index in [-0.39, 0.29) is 11.6 Å². The van der Waals surface area contributed by atoms with Crippen LogP contribution in [0.15, 0.2) is 54.6 Å². The van der Waals surface area contributed by atoms with Gasteiger partial charge in [0.05, 0.1) is 23.4 Å². The van der Waals surface area contributed by atoms with E-state index in [9.17, 15) is 14.9 Å². The third kappa shape index (κ3) is 4.83. The lowest BCUT2D eigenvalue weighted by Crippen LogP contribution is -2.26. The van der Waals surface area contributed by atoms with Crippen molar-refractivity contribution >= 4 is 11.6 Å². The van der Waals surface area contributed by atoms with Gasteiger partial charge in [-0.15, -0.1) is 0 Å². The summed E-state index contributed by atoms with van der Waals surface area (Å²) in [6, 6.07) is 15.1. The van der Waals surface area contributed by atoms with Gasteiger partial charge >= 0.3 is 0 Å². The van der Waals surface area contributed by atoms with Crippen LogP contribution in [-0.4, -0.2) is 34.3 Å². The van der Waals surface area contributed by atoms with Gasteiger partial charge < -0.3 is 10.1 Å². The number of nitro benzene ring substituents is 1. The minimum atomic E-state index is -0.461. The van der Waals surface area contributed by atoms with Crippen LogP contribution in [0, 0.1) is 10.1 Å². The van der Waals surface area contributed by atoms with Crippen molar-refractivity contribution < 1.29 is 14.5 Å². The number of nitrogens with zero attached hydrogens (tertiary/aromatic N) is 3. The Bertz CT molecular complexity index is 1010. The van der Waals surface area contributed by atoms with Crippen LogP contribution < -0.4 is 10.1 Å². The highest BCUT2D eigenvalue weighted by Gasteiger charge is 2.18. The number of non-ortho nitro benzene ring substituents is 1. The minimum absolute atomic E-state index is 0.0214. The van der Waals surface area contributed by atoms with Crippen LogP contribution in [0.3, 0.4) is 0 Å². The molecule has 1 amide bonds. The van der Waals surface area contributed by atoms with Crippen molar-refractivity contribution in [2.45, 2.75) is 26.2 Å². The second kappa shape index (κ2) is 9.69. The Morgan fingerprint density at radius 2 is 1.83 bits per heavy atom. The van der Waals surface area contributed by atoms with Gasteiger partial charge in [0.1, 0.15) is 11.4 Å². The zero-order chi connectivity index (χ0) is 21.5. The Kier molecular flexibility index (Phi) is 6.79. The van der Waals surface area contributed by atoms with E-state index in [1.54, 1.807) is 25.3 Å². The van der Waals surface area contributed by atoms with Crippen molar-refractivity contribution in [2.75, 3.05) is 13.7 Å². The first kappa shape index (κ1) is 21.0. The predicted octanol–water partition coefficient (Wildman–Crippen LogP) is 4.38. The highest BCUT2D eigenvalue weighted by atomic mass is 16.6. The molecule has 8 nitrogen and oxygen atoms in total. The molecule has 0 bridgehead atoms. The monoisotopic (exact) mass is 408 g/mol. The maximum Gasteiger partial charge on any atom is 0.270 e. The zero-order valence-electron chi connectivity index (χ0n) is 17.0. The number of methoxy groups -OCH3 is 1. The van der Waals surface area contributed by atoms with Gasteiger partial charge in [0.25, 0.3) is 11.6 Å². The van der Waals surface area contributed by atoms with E-state index in [1.807, 2.05) is 24.3 Å². The fraction of sp³-hybridized carbons (Fsp3) is 0.273. The number of aromatic nitrogens is 2. The lowest BCUT2D eigenvalue weighted by molar-refractivity contribution is -0.384. The molecule has 0 aliphatic rings. The number of rotatable bonds is 9. The summed E-state index contributed by atoms with van der Waals surface area (Å²) >= 11 is 0. The summed E-state index contributed by atoms with van der Waals surface area (Å²) in [4.78, 5) is 23.3. The molecule has 30 heavy (non-hydrogen) atoms. The normalized spacial score (nSPS) is 10.6. The first-order valence-corrected chi connectivity index (χ1v) is 9.81. The first-order chi connectivity index (χ1) is 14.5. The lowest BCUT2D eigenvalue weighted by Gasteiger charge is -2.08. The highest BCUT2D eigenvalue weighted by molar-refractivity contribution is 5.94. The van der Waals surface area contributed by atoms with E-state index >= 15 is 0 Å². The average molecular weight is 408 g/mol. The van der Waals surface area contributed by atoms with Crippen LogP contribution in [0.4, 0.5) is 5.69 Å². The molecular weight excluding hydrogens is 384 g/mol. The van der Waals surface area contributed by atoms with Gasteiger partial charge in [0.15, 0.2) is 0 Å². The van der Waals surface area contributed by atoms with Crippen LogP contribution in [-0.2, 0) is 0 Å². The largest absolute Gasteiger partial charge is 0.497 e. The molecule has 0 unspecified atom stereocenters. The summed E-state index contributed by atoms with van der Waals surface area (Å²) in [5.41, 5.74) is 2.36. The van der Waals surface area contributed by atoms with Gasteiger partial charge in [-0.05, 0) is 48.9 Å². The number of hydrogen-bond donors (Lipinski definition) is 1. The minimum Gasteiger partial charge on any atom is -0.497 e. The third-order valence-corrected chi connectivity index (χ3v) is 4.70. The molecule has 0 spiro atoms. The number of unbranched alkanes of at least 4 members (excludes halogenated alkanes) is 2. The van der Waals surface area contributed by atoms with E-state index in [4.69, 9.17) is 4.74 Å². The Hall–Kier alpha value is -3.68. The second-order valence-corrected chi connectivity index (χ2v) is 6.79. The molecule has 1 heterocycles. The Balaban J connectivity index is 1.96. The van der Waals surface area contributed by atoms with Gasteiger partial charge in [-0.1, -0.05) is 19.8 Å². The molecule has 156 valence electrons. The molecule has 0 aliphatic heterocycles. The number of nitro groups is 1. The average Bonchev–Trinajstić information content (AvgIpc) is 3.22. The highest BCUT2D eigenvalue weighted by Crippen LogP contribution is 2.25. The first-order valence-electron chi connectivity index (χ1n) is 9.81. The maximum absolute atomic E-state index is 12.8. The third-order valence-electron chi connectivity index (χ3n) is 4.70. The predicted molar refractivity (Wildman–Crippen MR) is 114 cm³/mol. The maximum atomic E-state index is 12.8. The molecule has 3 aromatic rings. The van der Waals surface area contributed by atoms with Gasteiger partial charge in [0.2, 0.25) is 0 Å². The molecule has 0 aliphatic carbocycles. The van der Waals surface area contributed by atoms with Gasteiger partial charge in [0, 0.05) is 24.2 Å². The van der Waals surface area contributed by atoms with Crippen molar-refractivity contribution in [1.82, 2.24) is 15.1 Å². The van der Waals surface area contributed by atoms with E-state index in [0.29, 0.717) is 23.6 Å². The van der Waals surface area contributed by atoms with Crippen molar-refractivity contribution in [2.24, 2.45) is 0 Å². The topological polar surface area (TPSA) is 99.3 Å². The Morgan fingerprint density at radius 3 is 2.43 bits per heavy atom. The number of benzene rings is 2. The number of nitrogens with one attached hydrogen (secondary N) is 1. The molecule has 0 fully saturated rings. The molecule has 8 heteroatoms. The van der Waals surface area contributed by atoms with Crippen molar-refractivity contribution in [3.8, 4) is 22.7 Å². The van der Waals surface area contributed by atoms with E-state index in [2.05, 4.69) is 17.3 Å². The summed E-state index contributed by atoms with van der Waals surface area (Å²) in [5, 5.41) is 18.5. The molecule has 0 saturated heterocycles. The zero-order valence-corrected chi connectivity index (χ0v) is 17.0. The summed E-state index contributed by atoms with van der Waals surface area (Å²) < 4.78 is 6.70. The molecule has 0 saturated carbocycles. The summed E-state index contributed by atoms with van der Waals surface area (Å²) in [6.07, 6.45) is 3.01. The molecular formula is C22H24N4O4. The molecule has 3 rings (SSSR count). The van der Waals surface area contributed by atoms with E-state index in [0.717, 1.165) is 30.6 Å². The summed E-state index contributed by atoms with van der Waals surface area (Å²) in [5.74, 6) is 0.485. The van der Waals surface area contributed by atoms with Crippen LogP contribution >= 0.6 is 0 Å². The fourth-order valence-corrected chi connectivity index (χ4v) is 3.03. The molecule has 0 radical (unpaired) electrons. The standard InChI is InChI=1S/C22H24N4O4/c1-3-4-5-14-23-22(27)21-15-20(16-6-12-19(30-2)13-7-16)24-25(21)17-8-10-18(11-9-17)26(28)29/h6-13,15H,3-5,14H2,1-2H3,(H,23,27). The number of carbonyl (C=O) groups is 1. The SMILES string of the molecule is CCCCCNC(=O)c1cc(-c2ccc(OC)cc2)nn1-c1ccc([N+](=O)[O-])cc1. The fourth-order valence-electron chi connectivity index (χ4n) is 3.03. The summed E-state index contributed by atoms with van der Waals surface area (Å²) in [7, 11) is 1.60. The van der Waals surface area contributed by atoms with Crippen LogP contribution in [0.1, 0.15) is 36.7 Å². The quantitative estimate of drug-likeness (QED) is 0.322. The smallest absolute Gasteiger partial charge is 0.270 e. The van der Waals surface area contributed by atoms with Gasteiger partial charge in [-0.25, -0.2) is 4.68 Å². The Labute approximate surface area is 174 Å². The van der Waals surface area contributed by atoms with Gasteiger partial charge in [-0.3, -0.25) is 14.9 Å². The number of hydrogen-bond acceptors (Lipinski definition) is 5. The lowest BCUT2D eigenvalue weighted by atomic mass is 10.1. The number of ether oxygens (including phenoxy) is 1. The van der Waals surface area contributed by atoms with E-state index in [1.165, 1.54) is 16.8 Å². The molecule has 2 aromatic carbocycles. The number of amides is 1. The second-order valence-electron chi connectivity index (χ2n) is 6.79. The Morgan fingerprint density at radius 1 is 1.13 bits per heavy atom. The molecule has 1 aromatic heterocycles.